The van der Waals surface area contributed by atoms with Crippen molar-refractivity contribution in [1.29, 1.82) is 5.26 Å². The number of amides is 1. The third-order valence-corrected chi connectivity index (χ3v) is 3.85. The molecule has 1 aliphatic rings. The Morgan fingerprint density at radius 3 is 2.80 bits per heavy atom. The van der Waals surface area contributed by atoms with Gasteiger partial charge >= 0.3 is 0 Å². The van der Waals surface area contributed by atoms with Crippen LogP contribution in [0.2, 0.25) is 0 Å². The van der Waals surface area contributed by atoms with Gasteiger partial charge in [-0.1, -0.05) is 6.07 Å². The quantitative estimate of drug-likeness (QED) is 0.790. The van der Waals surface area contributed by atoms with E-state index in [1.807, 2.05) is 32.2 Å². The molecule has 0 saturated heterocycles. The van der Waals surface area contributed by atoms with E-state index in [1.54, 1.807) is 16.5 Å². The second-order valence-corrected chi connectivity index (χ2v) is 5.00. The number of fused-ring (bicyclic) bond motifs is 1. The van der Waals surface area contributed by atoms with Crippen LogP contribution >= 0.6 is 0 Å². The van der Waals surface area contributed by atoms with Gasteiger partial charge in [-0.25, -0.2) is 4.98 Å². The first kappa shape index (κ1) is 12.4. The fraction of sp³-hybridized carbons (Fsp3) is 0.267. The maximum Gasteiger partial charge on any atom is 0.231 e. The van der Waals surface area contributed by atoms with E-state index in [1.165, 1.54) is 0 Å². The van der Waals surface area contributed by atoms with Gasteiger partial charge in [-0.2, -0.15) is 5.26 Å². The van der Waals surface area contributed by atoms with Gasteiger partial charge in [-0.05, 0) is 24.6 Å². The highest BCUT2D eigenvalue weighted by atomic mass is 16.2. The van der Waals surface area contributed by atoms with Crippen LogP contribution in [0.3, 0.4) is 0 Å². The van der Waals surface area contributed by atoms with E-state index < -0.39 is 0 Å². The third kappa shape index (κ3) is 1.62. The summed E-state index contributed by atoms with van der Waals surface area (Å²) in [5.41, 5.74) is 4.02. The predicted molar refractivity (Wildman–Crippen MR) is 75.2 cm³/mol. The molecule has 0 bridgehead atoms. The summed E-state index contributed by atoms with van der Waals surface area (Å²) in [5.74, 6) is 0.889. The fourth-order valence-electron chi connectivity index (χ4n) is 2.56. The number of hydrogen-bond acceptors (Lipinski definition) is 3. The summed E-state index contributed by atoms with van der Waals surface area (Å²) in [6.07, 6.45) is 0.410. The van der Waals surface area contributed by atoms with Crippen LogP contribution in [-0.2, 0) is 18.3 Å². The Morgan fingerprint density at radius 2 is 2.10 bits per heavy atom. The maximum atomic E-state index is 11.7. The molecule has 1 aromatic carbocycles. The van der Waals surface area contributed by atoms with Crippen LogP contribution in [0.1, 0.15) is 17.1 Å². The molecule has 1 aliphatic heterocycles. The fourth-order valence-corrected chi connectivity index (χ4v) is 2.56. The number of imidazole rings is 1. The van der Waals surface area contributed by atoms with Crippen molar-refractivity contribution >= 4 is 11.6 Å². The van der Waals surface area contributed by atoms with E-state index in [0.29, 0.717) is 17.8 Å². The normalized spacial score (nSPS) is 13.5. The largest absolute Gasteiger partial charge is 0.323 e. The number of hydrogen-bond donors (Lipinski definition) is 0. The van der Waals surface area contributed by atoms with Crippen LogP contribution in [-0.4, -0.2) is 22.5 Å². The maximum absolute atomic E-state index is 11.7. The first-order chi connectivity index (χ1) is 9.52. The van der Waals surface area contributed by atoms with Gasteiger partial charge in [0, 0.05) is 25.3 Å². The monoisotopic (exact) mass is 266 g/mol. The molecule has 2 heterocycles. The highest BCUT2D eigenvalue weighted by Gasteiger charge is 2.25. The molecule has 3 rings (SSSR count). The molecule has 0 saturated carbocycles. The highest BCUT2D eigenvalue weighted by Crippen LogP contribution is 2.32. The summed E-state index contributed by atoms with van der Waals surface area (Å²) in [4.78, 5) is 17.8. The minimum Gasteiger partial charge on any atom is -0.323 e. The molecule has 0 aliphatic carbocycles. The van der Waals surface area contributed by atoms with Gasteiger partial charge in [-0.15, -0.1) is 0 Å². The van der Waals surface area contributed by atoms with Gasteiger partial charge in [-0.3, -0.25) is 4.79 Å². The van der Waals surface area contributed by atoms with Crippen molar-refractivity contribution in [2.45, 2.75) is 13.3 Å². The van der Waals surface area contributed by atoms with E-state index in [0.717, 1.165) is 22.6 Å². The molecule has 20 heavy (non-hydrogen) atoms. The van der Waals surface area contributed by atoms with Gasteiger partial charge in [0.15, 0.2) is 0 Å². The van der Waals surface area contributed by atoms with E-state index in [2.05, 4.69) is 11.1 Å². The molecule has 0 atom stereocenters. The van der Waals surface area contributed by atoms with Gasteiger partial charge in [0.25, 0.3) is 0 Å². The van der Waals surface area contributed by atoms with Crippen LogP contribution < -0.4 is 4.90 Å². The Kier molecular flexibility index (Phi) is 2.61. The van der Waals surface area contributed by atoms with Crippen molar-refractivity contribution in [3.63, 3.8) is 0 Å². The summed E-state index contributed by atoms with van der Waals surface area (Å²) in [7, 11) is 3.61. The average molecular weight is 266 g/mol. The van der Waals surface area contributed by atoms with Crippen LogP contribution in [0.4, 0.5) is 5.69 Å². The Balaban J connectivity index is 2.15. The third-order valence-electron chi connectivity index (χ3n) is 3.85. The molecule has 1 amide bonds. The molecule has 0 radical (unpaired) electrons. The zero-order valence-electron chi connectivity index (χ0n) is 11.6. The van der Waals surface area contributed by atoms with E-state index in [-0.39, 0.29) is 5.91 Å². The number of anilines is 1. The van der Waals surface area contributed by atoms with Crippen molar-refractivity contribution in [1.82, 2.24) is 9.55 Å². The lowest BCUT2D eigenvalue weighted by molar-refractivity contribution is -0.117. The zero-order chi connectivity index (χ0) is 14.4. The smallest absolute Gasteiger partial charge is 0.231 e. The first-order valence-electron chi connectivity index (χ1n) is 6.36. The summed E-state index contributed by atoms with van der Waals surface area (Å²) < 4.78 is 1.78. The van der Waals surface area contributed by atoms with Gasteiger partial charge in [0.05, 0.1) is 6.42 Å². The number of aromatic nitrogens is 2. The molecule has 100 valence electrons. The molecule has 1 aromatic heterocycles. The van der Waals surface area contributed by atoms with Gasteiger partial charge < -0.3 is 9.47 Å². The van der Waals surface area contributed by atoms with Crippen molar-refractivity contribution in [3.8, 4) is 17.3 Å². The molecular formula is C15H14N4O. The molecule has 0 unspecified atom stereocenters. The van der Waals surface area contributed by atoms with Gasteiger partial charge in [0.2, 0.25) is 5.91 Å². The molecule has 5 heteroatoms. The molecule has 0 N–H and O–H groups in total. The van der Waals surface area contributed by atoms with Crippen LogP contribution in [0, 0.1) is 18.3 Å². The number of carbonyl (C=O) groups excluding carboxylic acids is 1. The predicted octanol–water partition coefficient (Wildman–Crippen LogP) is 1.79. The Hall–Kier alpha value is -2.61. The zero-order valence-corrected chi connectivity index (χ0v) is 11.6. The van der Waals surface area contributed by atoms with E-state index in [9.17, 15) is 10.1 Å². The number of benzene rings is 1. The Labute approximate surface area is 117 Å². The number of rotatable bonds is 1. The highest BCUT2D eigenvalue weighted by molar-refractivity contribution is 6.01. The second kappa shape index (κ2) is 4.20. The van der Waals surface area contributed by atoms with Crippen LogP contribution in [0.15, 0.2) is 18.2 Å². The lowest BCUT2D eigenvalue weighted by Gasteiger charge is -2.10. The summed E-state index contributed by atoms with van der Waals surface area (Å²) >= 11 is 0. The standard InChI is InChI=1S/C15H14N4O/c1-9-17-15(13(8-16)18(9)2)10-4-5-12-11(6-10)7-14(20)19(12)3/h4-6H,7H2,1-3H3. The van der Waals surface area contributed by atoms with Crippen molar-refractivity contribution in [2.24, 2.45) is 7.05 Å². The molecular weight excluding hydrogens is 252 g/mol. The number of nitriles is 1. The lowest BCUT2D eigenvalue weighted by Crippen LogP contribution is -2.20. The number of aryl methyl sites for hydroxylation is 1. The SMILES string of the molecule is Cc1nc(-c2ccc3c(c2)CC(=O)N3C)c(C#N)n1C. The van der Waals surface area contributed by atoms with E-state index in [4.69, 9.17) is 0 Å². The number of carbonyl (C=O) groups is 1. The molecule has 0 fully saturated rings. The summed E-state index contributed by atoms with van der Waals surface area (Å²) in [6.45, 7) is 1.87. The molecule has 5 nitrogen and oxygen atoms in total. The summed E-state index contributed by atoms with van der Waals surface area (Å²) in [6, 6.07) is 7.98. The Morgan fingerprint density at radius 1 is 1.35 bits per heavy atom. The lowest BCUT2D eigenvalue weighted by atomic mass is 10.0. The second-order valence-electron chi connectivity index (χ2n) is 5.00. The first-order valence-corrected chi connectivity index (χ1v) is 6.36. The minimum atomic E-state index is 0.0925. The van der Waals surface area contributed by atoms with Crippen molar-refractivity contribution in [3.05, 3.63) is 35.3 Å². The average Bonchev–Trinajstić information content (AvgIpc) is 2.88. The number of likely N-dealkylation sites (N-methyl/N-ethyl adjacent to an activating group) is 1. The summed E-state index contributed by atoms with van der Waals surface area (Å²) in [5, 5.41) is 9.28. The van der Waals surface area contributed by atoms with Gasteiger partial charge in [0.1, 0.15) is 23.3 Å². The minimum absolute atomic E-state index is 0.0925. The van der Waals surface area contributed by atoms with Crippen LogP contribution in [0.5, 0.6) is 0 Å². The van der Waals surface area contributed by atoms with Crippen molar-refractivity contribution in [2.75, 3.05) is 11.9 Å². The topological polar surface area (TPSA) is 61.9 Å². The van der Waals surface area contributed by atoms with Crippen LogP contribution in [0.25, 0.3) is 11.3 Å². The number of nitrogens with zero attached hydrogens (tertiary/aromatic N) is 4. The molecule has 0 spiro atoms. The van der Waals surface area contributed by atoms with Crippen molar-refractivity contribution < 1.29 is 4.79 Å². The van der Waals surface area contributed by atoms with E-state index >= 15 is 0 Å². The molecule has 2 aromatic rings. The Bertz CT molecular complexity index is 767.